The highest BCUT2D eigenvalue weighted by atomic mass is 16.5. The molecule has 5 heteroatoms. The number of pyridine rings is 1. The molecule has 0 bridgehead atoms. The summed E-state index contributed by atoms with van der Waals surface area (Å²) in [5.74, 6) is 2.26. The summed E-state index contributed by atoms with van der Waals surface area (Å²) in [6.07, 6.45) is 6.13. The van der Waals surface area contributed by atoms with Gasteiger partial charge in [-0.1, -0.05) is 0 Å². The summed E-state index contributed by atoms with van der Waals surface area (Å²) in [5, 5.41) is 3.32. The molecule has 0 saturated heterocycles. The number of aryl methyl sites for hydroxylation is 2. The van der Waals surface area contributed by atoms with Crippen LogP contribution in [-0.2, 0) is 6.54 Å². The lowest BCUT2D eigenvalue weighted by Gasteiger charge is -2.10. The maximum atomic E-state index is 5.70. The third-order valence-corrected chi connectivity index (χ3v) is 3.50. The van der Waals surface area contributed by atoms with E-state index in [-0.39, 0.29) is 0 Å². The van der Waals surface area contributed by atoms with Crippen molar-refractivity contribution < 1.29 is 4.74 Å². The summed E-state index contributed by atoms with van der Waals surface area (Å²) in [5.41, 5.74) is 2.93. The molecule has 0 spiro atoms. The van der Waals surface area contributed by atoms with Crippen LogP contribution in [0.1, 0.15) is 29.8 Å². The molecule has 0 amide bonds. The zero-order valence-corrected chi connectivity index (χ0v) is 12.5. The summed E-state index contributed by atoms with van der Waals surface area (Å²) in [4.78, 5) is 13.0. The fourth-order valence-electron chi connectivity index (χ4n) is 2.02. The monoisotopic (exact) mass is 284 g/mol. The number of ether oxygens (including phenoxy) is 1. The smallest absolute Gasteiger partial charge is 0.213 e. The van der Waals surface area contributed by atoms with Crippen molar-refractivity contribution in [3.05, 3.63) is 41.5 Å². The largest absolute Gasteiger partial charge is 0.477 e. The molecule has 0 unspecified atom stereocenters. The Morgan fingerprint density at radius 2 is 2.14 bits per heavy atom. The minimum Gasteiger partial charge on any atom is -0.477 e. The Hall–Kier alpha value is -2.17. The predicted octanol–water partition coefficient (Wildman–Crippen LogP) is 2.89. The second-order valence-corrected chi connectivity index (χ2v) is 5.56. The lowest BCUT2D eigenvalue weighted by Crippen LogP contribution is -2.06. The van der Waals surface area contributed by atoms with E-state index in [9.17, 15) is 0 Å². The summed E-state index contributed by atoms with van der Waals surface area (Å²) in [6, 6.07) is 3.96. The van der Waals surface area contributed by atoms with Crippen molar-refractivity contribution in [3.8, 4) is 5.88 Å². The predicted molar refractivity (Wildman–Crippen MR) is 81.3 cm³/mol. The van der Waals surface area contributed by atoms with Gasteiger partial charge in [0.2, 0.25) is 5.88 Å². The first kappa shape index (κ1) is 13.8. The van der Waals surface area contributed by atoms with Crippen LogP contribution >= 0.6 is 0 Å². The number of rotatable bonds is 6. The molecule has 1 aliphatic carbocycles. The second kappa shape index (κ2) is 6.08. The van der Waals surface area contributed by atoms with Crippen LogP contribution in [0.4, 0.5) is 5.82 Å². The number of nitrogens with zero attached hydrogens (tertiary/aromatic N) is 3. The van der Waals surface area contributed by atoms with Crippen molar-refractivity contribution in [3.63, 3.8) is 0 Å². The standard InChI is InChI=1S/C16H20N4O/c1-11-8-18-12(2)16(20-11)19-9-14-5-6-17-15(7-14)21-10-13-3-4-13/h5-8,13H,3-4,9-10H2,1-2H3,(H,19,20). The van der Waals surface area contributed by atoms with Gasteiger partial charge in [0.05, 0.1) is 18.0 Å². The fraction of sp³-hybridized carbons (Fsp3) is 0.438. The molecule has 3 rings (SSSR count). The molecule has 110 valence electrons. The normalized spacial score (nSPS) is 14.0. The van der Waals surface area contributed by atoms with Crippen molar-refractivity contribution in [2.45, 2.75) is 33.2 Å². The Kier molecular flexibility index (Phi) is 3.99. The van der Waals surface area contributed by atoms with Crippen molar-refractivity contribution in [2.75, 3.05) is 11.9 Å². The van der Waals surface area contributed by atoms with Gasteiger partial charge in [0.1, 0.15) is 5.82 Å². The third kappa shape index (κ3) is 3.90. The SMILES string of the molecule is Cc1cnc(C)c(NCc2ccnc(OCC3CC3)c2)n1. The van der Waals surface area contributed by atoms with Gasteiger partial charge in [-0.3, -0.25) is 4.98 Å². The minimum atomic E-state index is 0.682. The third-order valence-electron chi connectivity index (χ3n) is 3.50. The van der Waals surface area contributed by atoms with Crippen LogP contribution in [-0.4, -0.2) is 21.6 Å². The topological polar surface area (TPSA) is 59.9 Å². The van der Waals surface area contributed by atoms with Crippen LogP contribution < -0.4 is 10.1 Å². The van der Waals surface area contributed by atoms with Gasteiger partial charge >= 0.3 is 0 Å². The zero-order valence-electron chi connectivity index (χ0n) is 12.5. The summed E-state index contributed by atoms with van der Waals surface area (Å²) < 4.78 is 5.70. The van der Waals surface area contributed by atoms with Gasteiger partial charge in [-0.25, -0.2) is 9.97 Å². The molecule has 0 radical (unpaired) electrons. The first-order valence-corrected chi connectivity index (χ1v) is 7.32. The number of hydrogen-bond donors (Lipinski definition) is 1. The quantitative estimate of drug-likeness (QED) is 0.883. The Morgan fingerprint density at radius 1 is 1.29 bits per heavy atom. The van der Waals surface area contributed by atoms with Gasteiger partial charge in [-0.05, 0) is 44.2 Å². The van der Waals surface area contributed by atoms with Gasteiger partial charge in [0.15, 0.2) is 0 Å². The Balaban J connectivity index is 1.61. The zero-order chi connectivity index (χ0) is 14.7. The van der Waals surface area contributed by atoms with Gasteiger partial charge < -0.3 is 10.1 Å². The molecule has 0 atom stereocenters. The molecule has 1 aliphatic rings. The van der Waals surface area contributed by atoms with Gasteiger partial charge in [0, 0.05) is 25.0 Å². The van der Waals surface area contributed by atoms with E-state index in [1.807, 2.05) is 26.0 Å². The van der Waals surface area contributed by atoms with Crippen LogP contribution in [0, 0.1) is 19.8 Å². The lowest BCUT2D eigenvalue weighted by molar-refractivity contribution is 0.288. The van der Waals surface area contributed by atoms with Gasteiger partial charge in [0.25, 0.3) is 0 Å². The van der Waals surface area contributed by atoms with E-state index in [1.165, 1.54) is 12.8 Å². The minimum absolute atomic E-state index is 0.682. The van der Waals surface area contributed by atoms with Crippen molar-refractivity contribution >= 4 is 5.82 Å². The van der Waals surface area contributed by atoms with Crippen LogP contribution in [0.25, 0.3) is 0 Å². The van der Waals surface area contributed by atoms with E-state index in [0.29, 0.717) is 12.4 Å². The molecule has 2 heterocycles. The van der Waals surface area contributed by atoms with E-state index in [4.69, 9.17) is 4.74 Å². The maximum Gasteiger partial charge on any atom is 0.213 e. The molecule has 1 N–H and O–H groups in total. The molecule has 21 heavy (non-hydrogen) atoms. The highest BCUT2D eigenvalue weighted by Gasteiger charge is 2.22. The molecule has 1 fully saturated rings. The van der Waals surface area contributed by atoms with Crippen LogP contribution in [0.2, 0.25) is 0 Å². The van der Waals surface area contributed by atoms with Crippen molar-refractivity contribution in [1.29, 1.82) is 0 Å². The maximum absolute atomic E-state index is 5.70. The average Bonchev–Trinajstić information content (AvgIpc) is 3.31. The highest BCUT2D eigenvalue weighted by molar-refractivity contribution is 5.40. The average molecular weight is 284 g/mol. The summed E-state index contributed by atoms with van der Waals surface area (Å²) >= 11 is 0. The Bertz CT molecular complexity index is 625. The van der Waals surface area contributed by atoms with E-state index in [0.717, 1.165) is 35.3 Å². The molecule has 2 aromatic heterocycles. The van der Waals surface area contributed by atoms with Crippen LogP contribution in [0.5, 0.6) is 5.88 Å². The molecule has 5 nitrogen and oxygen atoms in total. The molecule has 0 aliphatic heterocycles. The van der Waals surface area contributed by atoms with Crippen molar-refractivity contribution in [1.82, 2.24) is 15.0 Å². The number of hydrogen-bond acceptors (Lipinski definition) is 5. The fourth-order valence-corrected chi connectivity index (χ4v) is 2.02. The number of nitrogens with one attached hydrogen (secondary N) is 1. The van der Waals surface area contributed by atoms with Crippen LogP contribution in [0.15, 0.2) is 24.5 Å². The summed E-state index contributed by atoms with van der Waals surface area (Å²) in [7, 11) is 0. The first-order valence-electron chi connectivity index (χ1n) is 7.32. The Morgan fingerprint density at radius 3 is 2.95 bits per heavy atom. The molecule has 2 aromatic rings. The van der Waals surface area contributed by atoms with E-state index in [1.54, 1.807) is 12.4 Å². The highest BCUT2D eigenvalue weighted by Crippen LogP contribution is 2.29. The molecule has 1 saturated carbocycles. The lowest BCUT2D eigenvalue weighted by atomic mass is 10.2. The van der Waals surface area contributed by atoms with E-state index in [2.05, 4.69) is 20.3 Å². The van der Waals surface area contributed by atoms with E-state index < -0.39 is 0 Å². The molecule has 0 aromatic carbocycles. The second-order valence-electron chi connectivity index (χ2n) is 5.56. The van der Waals surface area contributed by atoms with E-state index >= 15 is 0 Å². The summed E-state index contributed by atoms with van der Waals surface area (Å²) in [6.45, 7) is 5.35. The molecular formula is C16H20N4O. The van der Waals surface area contributed by atoms with Crippen molar-refractivity contribution in [2.24, 2.45) is 5.92 Å². The van der Waals surface area contributed by atoms with Crippen LogP contribution in [0.3, 0.4) is 0 Å². The van der Waals surface area contributed by atoms with Gasteiger partial charge in [-0.15, -0.1) is 0 Å². The molecular weight excluding hydrogens is 264 g/mol. The number of aromatic nitrogens is 3. The Labute approximate surface area is 124 Å². The number of anilines is 1. The van der Waals surface area contributed by atoms with Gasteiger partial charge in [-0.2, -0.15) is 0 Å². The first-order chi connectivity index (χ1) is 10.2.